The molecule has 4 aromatic carbocycles. The fourth-order valence-electron chi connectivity index (χ4n) is 6.54. The molecule has 2 aromatic heterocycles. The van der Waals surface area contributed by atoms with Crippen molar-refractivity contribution in [3.63, 3.8) is 0 Å². The van der Waals surface area contributed by atoms with Crippen molar-refractivity contribution in [2.45, 2.75) is 52.4 Å². The maximum atomic E-state index is 5.82. The van der Waals surface area contributed by atoms with Gasteiger partial charge in [0.05, 0.1) is 11.5 Å². The molecule has 8 rings (SSSR count). The minimum Gasteiger partial charge on any atom is -0.467 e. The molecule has 3 heteroatoms. The normalized spacial score (nSPS) is 15.5. The van der Waals surface area contributed by atoms with Gasteiger partial charge in [0, 0.05) is 0 Å². The first-order chi connectivity index (χ1) is 22.5. The van der Waals surface area contributed by atoms with Crippen molar-refractivity contribution in [1.82, 2.24) is 0 Å². The van der Waals surface area contributed by atoms with Crippen LogP contribution in [0.1, 0.15) is 82.1 Å². The van der Waals surface area contributed by atoms with Gasteiger partial charge in [-0.25, -0.2) is 12.2 Å². The van der Waals surface area contributed by atoms with E-state index in [0.29, 0.717) is 0 Å². The second kappa shape index (κ2) is 14.3. The third-order valence-corrected chi connectivity index (χ3v) is 9.13. The molecule has 2 atom stereocenters. The summed E-state index contributed by atoms with van der Waals surface area (Å²) in [7, 11) is 0. The number of hydrogen-bond donors (Lipinski definition) is 0. The summed E-state index contributed by atoms with van der Waals surface area (Å²) >= 11 is 0. The minimum atomic E-state index is 0. The molecule has 47 heavy (non-hydrogen) atoms. The Hall–Kier alpha value is -4.20. The number of allylic oxidation sites excluding steroid dienone is 2. The molecule has 0 spiro atoms. The van der Waals surface area contributed by atoms with Gasteiger partial charge in [0.15, 0.2) is 0 Å². The summed E-state index contributed by atoms with van der Waals surface area (Å²) in [4.78, 5) is 0. The van der Waals surface area contributed by atoms with Crippen molar-refractivity contribution < 1.29 is 35.0 Å². The molecule has 2 nitrogen and oxygen atoms in total. The van der Waals surface area contributed by atoms with Crippen molar-refractivity contribution in [3.05, 3.63) is 178 Å². The Morgan fingerprint density at radius 1 is 0.511 bits per heavy atom. The van der Waals surface area contributed by atoms with E-state index in [0.717, 1.165) is 35.9 Å². The molecule has 0 saturated heterocycles. The maximum Gasteiger partial charge on any atom is 2.00 e. The van der Waals surface area contributed by atoms with E-state index in [9.17, 15) is 0 Å². The van der Waals surface area contributed by atoms with E-state index in [1.807, 2.05) is 26.0 Å². The molecule has 2 unspecified atom stereocenters. The fraction of sp³-hybridized carbons (Fsp3) is 0.182. The Morgan fingerprint density at radius 2 is 0.915 bits per heavy atom. The average Bonchev–Trinajstić information content (AvgIpc) is 3.91. The Balaban J connectivity index is 0.000000161. The molecule has 0 saturated carbocycles. The second-order valence-electron chi connectivity index (χ2n) is 12.1. The van der Waals surface area contributed by atoms with Gasteiger partial charge in [0.25, 0.3) is 0 Å². The number of rotatable bonds is 6. The number of hydrogen-bond acceptors (Lipinski definition) is 2. The average molecular weight is 690 g/mol. The van der Waals surface area contributed by atoms with Crippen LogP contribution >= 0.6 is 0 Å². The summed E-state index contributed by atoms with van der Waals surface area (Å²) in [6.07, 6.45) is 13.3. The van der Waals surface area contributed by atoms with Gasteiger partial charge in [-0.05, 0) is 85.0 Å². The van der Waals surface area contributed by atoms with Crippen LogP contribution in [0.15, 0.2) is 118 Å². The molecule has 2 heterocycles. The Bertz CT molecular complexity index is 1890. The maximum absolute atomic E-state index is 5.82. The fourth-order valence-corrected chi connectivity index (χ4v) is 6.54. The number of benzene rings is 4. The van der Waals surface area contributed by atoms with Crippen molar-refractivity contribution in [3.8, 4) is 22.3 Å². The van der Waals surface area contributed by atoms with Crippen molar-refractivity contribution in [2.75, 3.05) is 0 Å². The quantitative estimate of drug-likeness (QED) is 0.163. The van der Waals surface area contributed by atoms with Gasteiger partial charge in [-0.2, -0.15) is 11.1 Å². The van der Waals surface area contributed by atoms with Crippen LogP contribution in [0.25, 0.3) is 34.4 Å². The van der Waals surface area contributed by atoms with E-state index in [-0.39, 0.29) is 38.0 Å². The first kappa shape index (κ1) is 32.7. The van der Waals surface area contributed by atoms with E-state index in [2.05, 4.69) is 135 Å². The molecule has 0 amide bonds. The largest absolute Gasteiger partial charge is 2.00 e. The molecule has 2 aliphatic rings. The van der Waals surface area contributed by atoms with Crippen molar-refractivity contribution >= 4 is 12.2 Å². The molecule has 0 bridgehead atoms. The number of aryl methyl sites for hydroxylation is 4. The van der Waals surface area contributed by atoms with Gasteiger partial charge in [-0.1, -0.05) is 110 Å². The van der Waals surface area contributed by atoms with E-state index in [1.54, 1.807) is 0 Å². The first-order valence-corrected chi connectivity index (χ1v) is 16.3. The van der Waals surface area contributed by atoms with Crippen molar-refractivity contribution in [1.29, 1.82) is 0 Å². The van der Waals surface area contributed by atoms with E-state index >= 15 is 0 Å². The van der Waals surface area contributed by atoms with E-state index in [1.165, 1.54) is 55.6 Å². The standard InChI is InChI=1S/2C22H19O.Zr/c2*1-3-16-8-10-17(11-9-16)18-5-4-6-19-20(18)12-13-21(19)22-14-7-15(2)23-22;/h2*4-12,14,21H,3H2,1-2H3;/q2*-1;+2. The Kier molecular flexibility index (Phi) is 9.95. The molecule has 6 aromatic rings. The van der Waals surface area contributed by atoms with Crippen LogP contribution in [0.2, 0.25) is 0 Å². The van der Waals surface area contributed by atoms with Crippen LogP contribution in [0.4, 0.5) is 0 Å². The molecule has 0 fully saturated rings. The van der Waals surface area contributed by atoms with Gasteiger partial charge in [0.1, 0.15) is 11.5 Å². The first-order valence-electron chi connectivity index (χ1n) is 16.3. The van der Waals surface area contributed by atoms with Gasteiger partial charge in [-0.3, -0.25) is 12.2 Å². The summed E-state index contributed by atoms with van der Waals surface area (Å²) < 4.78 is 11.6. The van der Waals surface area contributed by atoms with Crippen LogP contribution in [0.5, 0.6) is 0 Å². The third kappa shape index (κ3) is 6.65. The molecule has 0 aliphatic heterocycles. The topological polar surface area (TPSA) is 26.3 Å². The van der Waals surface area contributed by atoms with E-state index in [4.69, 9.17) is 8.83 Å². The van der Waals surface area contributed by atoms with Crippen LogP contribution < -0.4 is 0 Å². The number of furan rings is 2. The van der Waals surface area contributed by atoms with Crippen molar-refractivity contribution in [2.24, 2.45) is 0 Å². The summed E-state index contributed by atoms with van der Waals surface area (Å²) in [5.41, 5.74) is 12.9. The smallest absolute Gasteiger partial charge is 0.467 e. The summed E-state index contributed by atoms with van der Waals surface area (Å²) in [5.74, 6) is 4.04. The number of fused-ring (bicyclic) bond motifs is 2. The zero-order valence-corrected chi connectivity index (χ0v) is 29.9. The van der Waals surface area contributed by atoms with Crippen LogP contribution in [0, 0.1) is 26.0 Å². The SMILES string of the molecule is CCc1ccc(-c2cccc3c2C=[C-]C3c2ccc(C)o2)cc1.CCc1ccc(-c2cccc3c2C=[C-]C3c2ccc(C)o2)cc1.[Zr+2]. The molecule has 2 aliphatic carbocycles. The monoisotopic (exact) mass is 688 g/mol. The third-order valence-electron chi connectivity index (χ3n) is 9.13. The molecule has 0 N–H and O–H groups in total. The van der Waals surface area contributed by atoms with Gasteiger partial charge < -0.3 is 8.83 Å². The zero-order valence-electron chi connectivity index (χ0n) is 27.4. The predicted molar refractivity (Wildman–Crippen MR) is 189 cm³/mol. The Morgan fingerprint density at radius 3 is 1.26 bits per heavy atom. The summed E-state index contributed by atoms with van der Waals surface area (Å²) in [6.45, 7) is 8.33. The molecular weight excluding hydrogens is 652 g/mol. The molecule has 0 radical (unpaired) electrons. The summed E-state index contributed by atoms with van der Waals surface area (Å²) in [6, 6.07) is 38.8. The van der Waals surface area contributed by atoms with Gasteiger partial charge >= 0.3 is 26.2 Å². The van der Waals surface area contributed by atoms with Gasteiger partial charge in [0.2, 0.25) is 0 Å². The van der Waals surface area contributed by atoms with Crippen LogP contribution in [-0.4, -0.2) is 0 Å². The predicted octanol–water partition coefficient (Wildman–Crippen LogP) is 11.6. The zero-order chi connectivity index (χ0) is 31.6. The second-order valence-corrected chi connectivity index (χ2v) is 12.1. The minimum absolute atomic E-state index is 0. The van der Waals surface area contributed by atoms with E-state index < -0.39 is 0 Å². The molecular formula is C44H38O2Zr. The van der Waals surface area contributed by atoms with Crippen LogP contribution in [-0.2, 0) is 39.0 Å². The molecule has 230 valence electrons. The van der Waals surface area contributed by atoms with Crippen LogP contribution in [0.3, 0.4) is 0 Å². The van der Waals surface area contributed by atoms with Gasteiger partial charge in [-0.15, -0.1) is 11.1 Å². The summed E-state index contributed by atoms with van der Waals surface area (Å²) in [5, 5.41) is 0. The Labute approximate surface area is 298 Å².